The lowest BCUT2D eigenvalue weighted by molar-refractivity contribution is 0.174. The molecule has 0 saturated heterocycles. The van der Waals surface area contributed by atoms with E-state index in [9.17, 15) is 0 Å². The second-order valence-corrected chi connectivity index (χ2v) is 4.97. The summed E-state index contributed by atoms with van der Waals surface area (Å²) >= 11 is 0. The minimum absolute atomic E-state index is 0.159. The third kappa shape index (κ3) is 1.65. The molecule has 2 aromatic rings. The molecule has 0 bridgehead atoms. The van der Waals surface area contributed by atoms with Gasteiger partial charge >= 0.3 is 0 Å². The first-order valence-electron chi connectivity index (χ1n) is 6.65. The summed E-state index contributed by atoms with van der Waals surface area (Å²) in [6, 6.07) is 14.4. The molecular formula is C16H14N2O2. The molecule has 100 valence electrons. The summed E-state index contributed by atoms with van der Waals surface area (Å²) in [5, 5.41) is 4.52. The first-order valence-corrected chi connectivity index (χ1v) is 6.65. The fraction of sp³-hybridized carbons (Fsp3) is 0.188. The van der Waals surface area contributed by atoms with Crippen molar-refractivity contribution in [1.82, 2.24) is 5.43 Å². The summed E-state index contributed by atoms with van der Waals surface area (Å²) in [5.41, 5.74) is 7.49. The number of ether oxygens (including phenoxy) is 2. The minimum atomic E-state index is 0.159. The molecule has 1 unspecified atom stereocenters. The average molecular weight is 266 g/mol. The predicted molar refractivity (Wildman–Crippen MR) is 76.2 cm³/mol. The maximum Gasteiger partial charge on any atom is 0.231 e. The van der Waals surface area contributed by atoms with Crippen LogP contribution < -0.4 is 14.9 Å². The smallest absolute Gasteiger partial charge is 0.231 e. The molecule has 4 rings (SSSR count). The molecular weight excluding hydrogens is 252 g/mol. The van der Waals surface area contributed by atoms with Gasteiger partial charge in [0.15, 0.2) is 11.5 Å². The first-order chi connectivity index (χ1) is 9.83. The van der Waals surface area contributed by atoms with E-state index < -0.39 is 0 Å². The largest absolute Gasteiger partial charge is 0.454 e. The molecule has 1 atom stereocenters. The van der Waals surface area contributed by atoms with E-state index in [2.05, 4.69) is 29.6 Å². The Morgan fingerprint density at radius 1 is 1.10 bits per heavy atom. The van der Waals surface area contributed by atoms with Gasteiger partial charge in [-0.15, -0.1) is 0 Å². The maximum absolute atomic E-state index is 5.49. The van der Waals surface area contributed by atoms with Gasteiger partial charge in [-0.1, -0.05) is 30.3 Å². The van der Waals surface area contributed by atoms with Gasteiger partial charge in [0.1, 0.15) is 0 Å². The van der Waals surface area contributed by atoms with Gasteiger partial charge in [0.05, 0.1) is 11.8 Å². The highest BCUT2D eigenvalue weighted by atomic mass is 16.7. The first kappa shape index (κ1) is 11.3. The van der Waals surface area contributed by atoms with E-state index in [0.29, 0.717) is 0 Å². The highest BCUT2D eigenvalue weighted by Gasteiger charge is 2.25. The minimum Gasteiger partial charge on any atom is -0.454 e. The Bertz CT molecular complexity index is 695. The number of fused-ring (bicyclic) bond motifs is 2. The third-order valence-corrected chi connectivity index (χ3v) is 3.68. The van der Waals surface area contributed by atoms with Gasteiger partial charge in [0, 0.05) is 11.1 Å². The third-order valence-electron chi connectivity index (χ3n) is 3.68. The lowest BCUT2D eigenvalue weighted by Gasteiger charge is -2.24. The number of hydrazone groups is 1. The molecule has 0 radical (unpaired) electrons. The fourth-order valence-electron chi connectivity index (χ4n) is 2.63. The van der Waals surface area contributed by atoms with E-state index in [1.165, 1.54) is 5.56 Å². The zero-order chi connectivity index (χ0) is 13.5. The van der Waals surface area contributed by atoms with Crippen LogP contribution in [-0.2, 0) is 0 Å². The predicted octanol–water partition coefficient (Wildman–Crippen LogP) is 2.83. The van der Waals surface area contributed by atoms with E-state index in [0.717, 1.165) is 28.3 Å². The topological polar surface area (TPSA) is 42.9 Å². The van der Waals surface area contributed by atoms with Crippen LogP contribution in [0.25, 0.3) is 0 Å². The Hall–Kier alpha value is -2.49. The molecule has 2 aliphatic rings. The summed E-state index contributed by atoms with van der Waals surface area (Å²) in [6.07, 6.45) is 0. The molecule has 20 heavy (non-hydrogen) atoms. The van der Waals surface area contributed by atoms with Gasteiger partial charge < -0.3 is 14.9 Å². The number of hydrogen-bond donors (Lipinski definition) is 1. The van der Waals surface area contributed by atoms with Crippen LogP contribution in [0.4, 0.5) is 0 Å². The Morgan fingerprint density at radius 3 is 2.65 bits per heavy atom. The Morgan fingerprint density at radius 2 is 1.85 bits per heavy atom. The monoisotopic (exact) mass is 266 g/mol. The molecule has 0 saturated carbocycles. The second-order valence-electron chi connectivity index (χ2n) is 4.97. The molecule has 0 aliphatic carbocycles. The summed E-state index contributed by atoms with van der Waals surface area (Å²) < 4.78 is 11.0. The van der Waals surface area contributed by atoms with Crippen molar-refractivity contribution in [2.45, 2.75) is 13.0 Å². The lowest BCUT2D eigenvalue weighted by atomic mass is 9.92. The van der Waals surface area contributed by atoms with Crippen molar-refractivity contribution in [3.05, 3.63) is 59.2 Å². The SMILES string of the molecule is CC1NN=C(c2ccccc2)c2cc3c(cc21)OCO3. The molecule has 4 nitrogen and oxygen atoms in total. The van der Waals surface area contributed by atoms with E-state index in [-0.39, 0.29) is 12.8 Å². The van der Waals surface area contributed by atoms with Gasteiger partial charge in [-0.05, 0) is 24.6 Å². The van der Waals surface area contributed by atoms with Crippen molar-refractivity contribution >= 4 is 5.71 Å². The molecule has 0 fully saturated rings. The normalized spacial score (nSPS) is 19.1. The highest BCUT2D eigenvalue weighted by molar-refractivity contribution is 6.14. The summed E-state index contributed by atoms with van der Waals surface area (Å²) in [5.74, 6) is 1.60. The van der Waals surface area contributed by atoms with Crippen molar-refractivity contribution in [3.8, 4) is 11.5 Å². The zero-order valence-corrected chi connectivity index (χ0v) is 11.1. The van der Waals surface area contributed by atoms with Crippen molar-refractivity contribution in [2.75, 3.05) is 6.79 Å². The molecule has 2 aliphatic heterocycles. The van der Waals surface area contributed by atoms with E-state index >= 15 is 0 Å². The van der Waals surface area contributed by atoms with Crippen molar-refractivity contribution < 1.29 is 9.47 Å². The van der Waals surface area contributed by atoms with E-state index in [1.54, 1.807) is 0 Å². The van der Waals surface area contributed by atoms with Crippen LogP contribution in [0, 0.1) is 0 Å². The van der Waals surface area contributed by atoms with Crippen LogP contribution in [0.3, 0.4) is 0 Å². The lowest BCUT2D eigenvalue weighted by Crippen LogP contribution is -2.24. The summed E-state index contributed by atoms with van der Waals surface area (Å²) in [6.45, 7) is 2.38. The summed E-state index contributed by atoms with van der Waals surface area (Å²) in [4.78, 5) is 0. The Kier molecular flexibility index (Phi) is 2.42. The van der Waals surface area contributed by atoms with Gasteiger partial charge in [-0.2, -0.15) is 5.10 Å². The molecule has 0 aromatic heterocycles. The average Bonchev–Trinajstić information content (AvgIpc) is 2.94. The van der Waals surface area contributed by atoms with Crippen LogP contribution in [-0.4, -0.2) is 12.5 Å². The number of nitrogens with one attached hydrogen (secondary N) is 1. The molecule has 2 heterocycles. The van der Waals surface area contributed by atoms with Gasteiger partial charge in [0.25, 0.3) is 0 Å². The molecule has 4 heteroatoms. The highest BCUT2D eigenvalue weighted by Crippen LogP contribution is 2.38. The quantitative estimate of drug-likeness (QED) is 0.863. The maximum atomic E-state index is 5.49. The van der Waals surface area contributed by atoms with Gasteiger partial charge in [-0.25, -0.2) is 0 Å². The number of nitrogens with zero attached hydrogens (tertiary/aromatic N) is 1. The van der Waals surface area contributed by atoms with Crippen LogP contribution in [0.1, 0.15) is 29.7 Å². The van der Waals surface area contributed by atoms with Crippen LogP contribution in [0.5, 0.6) is 11.5 Å². The summed E-state index contributed by atoms with van der Waals surface area (Å²) in [7, 11) is 0. The number of hydrogen-bond acceptors (Lipinski definition) is 4. The fourth-order valence-corrected chi connectivity index (χ4v) is 2.63. The number of benzene rings is 2. The second kappa shape index (κ2) is 4.27. The van der Waals surface area contributed by atoms with Gasteiger partial charge in [-0.3, -0.25) is 0 Å². The van der Waals surface area contributed by atoms with Crippen molar-refractivity contribution in [1.29, 1.82) is 0 Å². The Balaban J connectivity index is 1.89. The van der Waals surface area contributed by atoms with Crippen LogP contribution >= 0.6 is 0 Å². The zero-order valence-electron chi connectivity index (χ0n) is 11.1. The number of rotatable bonds is 1. The molecule has 1 N–H and O–H groups in total. The molecule has 0 amide bonds. The molecule has 0 spiro atoms. The Labute approximate surface area is 117 Å². The van der Waals surface area contributed by atoms with Crippen LogP contribution in [0.15, 0.2) is 47.6 Å². The van der Waals surface area contributed by atoms with E-state index in [1.807, 2.05) is 30.3 Å². The van der Waals surface area contributed by atoms with Crippen LogP contribution in [0.2, 0.25) is 0 Å². The van der Waals surface area contributed by atoms with Gasteiger partial charge in [0.2, 0.25) is 6.79 Å². The molecule has 2 aromatic carbocycles. The van der Waals surface area contributed by atoms with Crippen molar-refractivity contribution in [2.24, 2.45) is 5.10 Å². The standard InChI is InChI=1S/C16H14N2O2/c1-10-12-7-14-15(20-9-19-14)8-13(12)16(18-17-10)11-5-3-2-4-6-11/h2-8,10,17H,9H2,1H3. The van der Waals surface area contributed by atoms with E-state index in [4.69, 9.17) is 9.47 Å². The van der Waals surface area contributed by atoms with Crippen molar-refractivity contribution in [3.63, 3.8) is 0 Å².